The average molecular weight is 516 g/mol. The van der Waals surface area contributed by atoms with Crippen molar-refractivity contribution in [3.05, 3.63) is 24.3 Å². The topological polar surface area (TPSA) is 114 Å². The quantitative estimate of drug-likeness (QED) is 0.490. The van der Waals surface area contributed by atoms with E-state index in [1.54, 1.807) is 16.7 Å². The van der Waals surface area contributed by atoms with Crippen LogP contribution in [0.2, 0.25) is 0 Å². The fraction of sp³-hybridized carbons (Fsp3) is 0.615. The van der Waals surface area contributed by atoms with Crippen molar-refractivity contribution >= 4 is 40.9 Å². The monoisotopic (exact) mass is 515 g/mol. The van der Waals surface area contributed by atoms with Gasteiger partial charge in [0.2, 0.25) is 17.7 Å². The molecule has 4 rings (SSSR count). The Bertz CT molecular complexity index is 1060. The zero-order valence-corrected chi connectivity index (χ0v) is 21.7. The molecule has 0 bridgehead atoms. The first-order valence-corrected chi connectivity index (χ1v) is 13.6. The summed E-state index contributed by atoms with van der Waals surface area (Å²) in [5, 5.41) is 18.7. The van der Waals surface area contributed by atoms with Crippen LogP contribution in [0.5, 0.6) is 0 Å². The lowest BCUT2D eigenvalue weighted by molar-refractivity contribution is -0.137. The molecule has 194 valence electrons. The normalized spacial score (nSPS) is 30.9. The standard InChI is InChI=1S/C26H34FN5O3S/c1-4-32-21-22(26(21,14-28)25(35)29-11-10-27)36-20-9-8-18(13-19(20)24(32)34)30-16-6-5-7-17(12-16)31-23(33)15(2)3/h5-7,12,15,18-22,30H,4,8-11,13H2,1-3H3,(H,29,35)(H,31,33). The third-order valence-electron chi connectivity index (χ3n) is 7.44. The van der Waals surface area contributed by atoms with Crippen LogP contribution in [0.3, 0.4) is 0 Å². The van der Waals surface area contributed by atoms with E-state index in [1.165, 1.54) is 0 Å². The molecule has 1 saturated heterocycles. The van der Waals surface area contributed by atoms with Crippen molar-refractivity contribution in [1.82, 2.24) is 10.2 Å². The smallest absolute Gasteiger partial charge is 0.244 e. The van der Waals surface area contributed by atoms with Gasteiger partial charge >= 0.3 is 0 Å². The molecule has 6 atom stereocenters. The largest absolute Gasteiger partial charge is 0.382 e. The molecular formula is C26H34FN5O3S. The Balaban J connectivity index is 1.46. The summed E-state index contributed by atoms with van der Waals surface area (Å²) in [5.41, 5.74) is 0.300. The summed E-state index contributed by atoms with van der Waals surface area (Å²) in [7, 11) is 0. The van der Waals surface area contributed by atoms with Gasteiger partial charge in [0.05, 0.1) is 23.3 Å². The second kappa shape index (κ2) is 10.7. The van der Waals surface area contributed by atoms with Crippen molar-refractivity contribution < 1.29 is 18.8 Å². The molecule has 3 aliphatic rings. The van der Waals surface area contributed by atoms with Crippen LogP contribution < -0.4 is 16.0 Å². The van der Waals surface area contributed by atoms with Crippen molar-refractivity contribution in [2.75, 3.05) is 30.4 Å². The zero-order valence-electron chi connectivity index (χ0n) is 20.9. The lowest BCUT2D eigenvalue weighted by Crippen LogP contribution is -2.48. The molecule has 8 nitrogen and oxygen atoms in total. The van der Waals surface area contributed by atoms with Crippen LogP contribution in [-0.4, -0.2) is 65.0 Å². The molecule has 0 aromatic heterocycles. The Morgan fingerprint density at radius 2 is 2.06 bits per heavy atom. The van der Waals surface area contributed by atoms with Gasteiger partial charge in [0, 0.05) is 41.7 Å². The molecule has 6 unspecified atom stereocenters. The second-order valence-electron chi connectivity index (χ2n) is 10.1. The van der Waals surface area contributed by atoms with Crippen LogP contribution in [0.25, 0.3) is 0 Å². The van der Waals surface area contributed by atoms with Crippen LogP contribution in [0, 0.1) is 28.6 Å². The maximum Gasteiger partial charge on any atom is 0.244 e. The predicted octanol–water partition coefficient (Wildman–Crippen LogP) is 3.17. The SMILES string of the molecule is CCN1C(=O)C2CC(Nc3cccc(NC(=O)C(C)C)c3)CCC2SC2C1C2(C#N)C(=O)NCCF. The highest BCUT2D eigenvalue weighted by Gasteiger charge is 2.75. The third-order valence-corrected chi connectivity index (χ3v) is 9.28. The van der Waals surface area contributed by atoms with Gasteiger partial charge < -0.3 is 20.9 Å². The van der Waals surface area contributed by atoms with Crippen LogP contribution in [-0.2, 0) is 14.4 Å². The van der Waals surface area contributed by atoms with Crippen LogP contribution in [0.1, 0.15) is 40.0 Å². The van der Waals surface area contributed by atoms with Crippen molar-refractivity contribution in [2.45, 2.75) is 62.6 Å². The number of thioether (sulfide) groups is 1. The molecule has 1 aromatic rings. The Kier molecular flexibility index (Phi) is 7.79. The zero-order chi connectivity index (χ0) is 26.0. The van der Waals surface area contributed by atoms with Crippen molar-refractivity contribution in [3.63, 3.8) is 0 Å². The number of hydrogen-bond donors (Lipinski definition) is 3. The molecule has 3 N–H and O–H groups in total. The molecule has 3 fully saturated rings. The minimum absolute atomic E-state index is 0.0117. The molecule has 3 amide bonds. The fourth-order valence-electron chi connectivity index (χ4n) is 5.48. The maximum atomic E-state index is 13.7. The molecule has 10 heteroatoms. The summed E-state index contributed by atoms with van der Waals surface area (Å²) in [4.78, 5) is 40.2. The summed E-state index contributed by atoms with van der Waals surface area (Å²) in [6, 6.07) is 9.39. The molecule has 2 aliphatic carbocycles. The van der Waals surface area contributed by atoms with Crippen LogP contribution >= 0.6 is 11.8 Å². The van der Waals surface area contributed by atoms with Gasteiger partial charge in [0.25, 0.3) is 0 Å². The first-order chi connectivity index (χ1) is 17.3. The van der Waals surface area contributed by atoms with Gasteiger partial charge in [-0.05, 0) is 44.4 Å². The molecule has 0 spiro atoms. The summed E-state index contributed by atoms with van der Waals surface area (Å²) in [6.45, 7) is 5.15. The number of nitriles is 1. The number of carbonyl (C=O) groups is 3. The summed E-state index contributed by atoms with van der Waals surface area (Å²) < 4.78 is 12.6. The van der Waals surface area contributed by atoms with Gasteiger partial charge in [0.1, 0.15) is 6.67 Å². The third kappa shape index (κ3) is 4.77. The van der Waals surface area contributed by atoms with E-state index in [4.69, 9.17) is 0 Å². The minimum Gasteiger partial charge on any atom is -0.382 e. The van der Waals surface area contributed by atoms with Crippen LogP contribution in [0.4, 0.5) is 15.8 Å². The first-order valence-electron chi connectivity index (χ1n) is 12.7. The van der Waals surface area contributed by atoms with Crippen LogP contribution in [0.15, 0.2) is 24.3 Å². The highest BCUT2D eigenvalue weighted by molar-refractivity contribution is 8.01. The maximum absolute atomic E-state index is 13.7. The molecule has 2 saturated carbocycles. The average Bonchev–Trinajstić information content (AvgIpc) is 3.53. The van der Waals surface area contributed by atoms with Gasteiger partial charge in [0.15, 0.2) is 5.41 Å². The number of halogens is 1. The van der Waals surface area contributed by atoms with Gasteiger partial charge in [-0.3, -0.25) is 14.4 Å². The summed E-state index contributed by atoms with van der Waals surface area (Å²) in [5.74, 6) is -0.850. The van der Waals surface area contributed by atoms with Crippen molar-refractivity contribution in [1.29, 1.82) is 5.26 Å². The van der Waals surface area contributed by atoms with E-state index in [2.05, 4.69) is 22.0 Å². The Hall–Kier alpha value is -2.80. The van der Waals surface area contributed by atoms with Gasteiger partial charge in [-0.15, -0.1) is 11.8 Å². The summed E-state index contributed by atoms with van der Waals surface area (Å²) in [6.07, 6.45) is 2.29. The van der Waals surface area contributed by atoms with Gasteiger partial charge in [-0.25, -0.2) is 4.39 Å². The predicted molar refractivity (Wildman–Crippen MR) is 138 cm³/mol. The van der Waals surface area contributed by atoms with Crippen molar-refractivity contribution in [2.24, 2.45) is 17.3 Å². The number of nitrogens with one attached hydrogen (secondary N) is 3. The highest BCUT2D eigenvalue weighted by Crippen LogP contribution is 2.61. The molecule has 1 heterocycles. The number of carbonyl (C=O) groups excluding carboxylic acids is 3. The number of alkyl halides is 1. The molecule has 0 radical (unpaired) electrons. The van der Waals surface area contributed by atoms with E-state index in [-0.39, 0.29) is 46.7 Å². The number of nitrogens with zero attached hydrogens (tertiary/aromatic N) is 2. The molecular weight excluding hydrogens is 481 g/mol. The Labute approximate surface area is 215 Å². The number of hydrogen-bond acceptors (Lipinski definition) is 6. The number of rotatable bonds is 8. The highest BCUT2D eigenvalue weighted by atomic mass is 32.2. The molecule has 1 aliphatic heterocycles. The Morgan fingerprint density at radius 1 is 1.31 bits per heavy atom. The summed E-state index contributed by atoms with van der Waals surface area (Å²) >= 11 is 1.59. The van der Waals surface area contributed by atoms with E-state index < -0.39 is 24.0 Å². The minimum atomic E-state index is -1.31. The second-order valence-corrected chi connectivity index (χ2v) is 11.5. The number of benzene rings is 1. The Morgan fingerprint density at radius 3 is 2.72 bits per heavy atom. The van der Waals surface area contributed by atoms with E-state index in [0.29, 0.717) is 13.0 Å². The number of amides is 3. The van der Waals surface area contributed by atoms with E-state index >= 15 is 0 Å². The van der Waals surface area contributed by atoms with E-state index in [1.807, 2.05) is 45.0 Å². The molecule has 1 aromatic carbocycles. The first kappa shape index (κ1) is 26.3. The molecule has 36 heavy (non-hydrogen) atoms. The van der Waals surface area contributed by atoms with Crippen molar-refractivity contribution in [3.8, 4) is 6.07 Å². The number of anilines is 2. The van der Waals surface area contributed by atoms with E-state index in [0.717, 1.165) is 24.2 Å². The van der Waals surface area contributed by atoms with E-state index in [9.17, 15) is 24.0 Å². The van der Waals surface area contributed by atoms with Gasteiger partial charge in [-0.2, -0.15) is 5.26 Å². The number of fused-ring (bicyclic) bond motifs is 2. The fourth-order valence-corrected chi connectivity index (χ4v) is 7.49. The van der Waals surface area contributed by atoms with Gasteiger partial charge in [-0.1, -0.05) is 19.9 Å². The lowest BCUT2D eigenvalue weighted by Gasteiger charge is -2.37. The lowest BCUT2D eigenvalue weighted by atomic mass is 9.84.